The molecule has 1 atom stereocenters. The summed E-state index contributed by atoms with van der Waals surface area (Å²) in [6, 6.07) is 4.33. The lowest BCUT2D eigenvalue weighted by Crippen LogP contribution is -2.30. The second-order valence-electron chi connectivity index (χ2n) is 4.47. The lowest BCUT2D eigenvalue weighted by molar-refractivity contribution is 0.0622. The van der Waals surface area contributed by atoms with E-state index in [1.807, 2.05) is 18.3 Å². The fraction of sp³-hybridized carbons (Fsp3) is 0.615. The van der Waals surface area contributed by atoms with E-state index < -0.39 is 0 Å². The van der Waals surface area contributed by atoms with Gasteiger partial charge < -0.3 is 14.8 Å². The molecule has 0 aromatic carbocycles. The van der Waals surface area contributed by atoms with Crippen molar-refractivity contribution in [2.45, 2.75) is 25.8 Å². The quantitative estimate of drug-likeness (QED) is 0.871. The molecule has 0 saturated carbocycles. The van der Waals surface area contributed by atoms with Crippen LogP contribution in [0.25, 0.3) is 0 Å². The van der Waals surface area contributed by atoms with E-state index in [0.29, 0.717) is 17.8 Å². The van der Waals surface area contributed by atoms with E-state index in [9.17, 15) is 0 Å². The van der Waals surface area contributed by atoms with E-state index >= 15 is 0 Å². The van der Waals surface area contributed by atoms with Crippen LogP contribution in [0.2, 0.25) is 0 Å². The summed E-state index contributed by atoms with van der Waals surface area (Å²) in [6.45, 7) is 4.00. The van der Waals surface area contributed by atoms with Gasteiger partial charge in [0.1, 0.15) is 0 Å². The number of hydrogen-bond acceptors (Lipinski definition) is 4. The molecule has 1 aromatic heterocycles. The average molecular weight is 236 g/mol. The number of nitrogens with zero attached hydrogens (tertiary/aromatic N) is 1. The predicted octanol–water partition coefficient (Wildman–Crippen LogP) is 2.32. The SMILES string of the molecule is COc1ccc(N[C@H](C)C2CCOCC2)cn1. The number of hydrogen-bond donors (Lipinski definition) is 1. The molecule has 1 aromatic rings. The number of ether oxygens (including phenoxy) is 2. The summed E-state index contributed by atoms with van der Waals surface area (Å²) < 4.78 is 10.4. The van der Waals surface area contributed by atoms with Crippen LogP contribution in [0.3, 0.4) is 0 Å². The first-order chi connectivity index (χ1) is 8.29. The van der Waals surface area contributed by atoms with Gasteiger partial charge in [-0.15, -0.1) is 0 Å². The lowest BCUT2D eigenvalue weighted by Gasteiger charge is -2.28. The van der Waals surface area contributed by atoms with Crippen molar-refractivity contribution in [3.8, 4) is 5.88 Å². The van der Waals surface area contributed by atoms with Crippen molar-refractivity contribution in [3.05, 3.63) is 18.3 Å². The number of pyridine rings is 1. The Morgan fingerprint density at radius 1 is 1.41 bits per heavy atom. The van der Waals surface area contributed by atoms with Gasteiger partial charge in [0, 0.05) is 25.3 Å². The van der Waals surface area contributed by atoms with Crippen LogP contribution in [0.5, 0.6) is 5.88 Å². The molecule has 1 aliphatic heterocycles. The molecule has 1 saturated heterocycles. The molecule has 0 amide bonds. The van der Waals surface area contributed by atoms with Crippen molar-refractivity contribution in [1.82, 2.24) is 4.98 Å². The maximum absolute atomic E-state index is 5.37. The van der Waals surface area contributed by atoms with Crippen LogP contribution in [0.1, 0.15) is 19.8 Å². The molecule has 4 heteroatoms. The Hall–Kier alpha value is -1.29. The van der Waals surface area contributed by atoms with Crippen LogP contribution in [-0.2, 0) is 4.74 Å². The van der Waals surface area contributed by atoms with Gasteiger partial charge in [-0.05, 0) is 31.7 Å². The summed E-state index contributed by atoms with van der Waals surface area (Å²) >= 11 is 0. The minimum absolute atomic E-state index is 0.453. The highest BCUT2D eigenvalue weighted by Crippen LogP contribution is 2.22. The summed E-state index contributed by atoms with van der Waals surface area (Å²) in [5.41, 5.74) is 1.05. The highest BCUT2D eigenvalue weighted by atomic mass is 16.5. The maximum atomic E-state index is 5.37. The van der Waals surface area contributed by atoms with Crippen LogP contribution >= 0.6 is 0 Å². The number of methoxy groups -OCH3 is 1. The van der Waals surface area contributed by atoms with E-state index in [0.717, 1.165) is 31.7 Å². The largest absolute Gasteiger partial charge is 0.481 e. The molecule has 1 fully saturated rings. The molecule has 17 heavy (non-hydrogen) atoms. The van der Waals surface area contributed by atoms with Crippen molar-refractivity contribution in [2.24, 2.45) is 5.92 Å². The van der Waals surface area contributed by atoms with Crippen molar-refractivity contribution >= 4 is 5.69 Å². The van der Waals surface area contributed by atoms with Crippen LogP contribution in [0, 0.1) is 5.92 Å². The smallest absolute Gasteiger partial charge is 0.213 e. The third-order valence-corrected chi connectivity index (χ3v) is 3.31. The second kappa shape index (κ2) is 5.87. The molecular weight excluding hydrogens is 216 g/mol. The average Bonchev–Trinajstić information content (AvgIpc) is 2.40. The fourth-order valence-electron chi connectivity index (χ4n) is 2.18. The summed E-state index contributed by atoms with van der Waals surface area (Å²) in [5, 5.41) is 3.49. The summed E-state index contributed by atoms with van der Waals surface area (Å²) in [7, 11) is 1.63. The van der Waals surface area contributed by atoms with Crippen molar-refractivity contribution in [2.75, 3.05) is 25.6 Å². The summed E-state index contributed by atoms with van der Waals surface area (Å²) in [5.74, 6) is 1.33. The Morgan fingerprint density at radius 2 is 2.18 bits per heavy atom. The first-order valence-corrected chi connectivity index (χ1v) is 6.14. The van der Waals surface area contributed by atoms with E-state index in [4.69, 9.17) is 9.47 Å². The zero-order valence-electron chi connectivity index (χ0n) is 10.5. The molecule has 1 N–H and O–H groups in total. The minimum Gasteiger partial charge on any atom is -0.481 e. The van der Waals surface area contributed by atoms with Crippen molar-refractivity contribution < 1.29 is 9.47 Å². The normalized spacial score (nSPS) is 18.7. The molecule has 2 heterocycles. The minimum atomic E-state index is 0.453. The van der Waals surface area contributed by atoms with E-state index in [1.54, 1.807) is 7.11 Å². The van der Waals surface area contributed by atoms with Crippen LogP contribution in [0.15, 0.2) is 18.3 Å². The lowest BCUT2D eigenvalue weighted by atomic mass is 9.93. The number of anilines is 1. The molecule has 0 radical (unpaired) electrons. The Bertz CT molecular complexity index is 334. The Balaban J connectivity index is 1.89. The molecule has 94 valence electrons. The highest BCUT2D eigenvalue weighted by molar-refractivity contribution is 5.42. The topological polar surface area (TPSA) is 43.4 Å². The third kappa shape index (κ3) is 3.33. The van der Waals surface area contributed by atoms with Gasteiger partial charge in [-0.1, -0.05) is 0 Å². The molecule has 0 bridgehead atoms. The van der Waals surface area contributed by atoms with E-state index in [-0.39, 0.29) is 0 Å². The molecule has 0 unspecified atom stereocenters. The molecule has 0 spiro atoms. The first kappa shape index (κ1) is 12.2. The summed E-state index contributed by atoms with van der Waals surface area (Å²) in [6.07, 6.45) is 4.09. The highest BCUT2D eigenvalue weighted by Gasteiger charge is 2.20. The maximum Gasteiger partial charge on any atom is 0.213 e. The van der Waals surface area contributed by atoms with Crippen LogP contribution in [-0.4, -0.2) is 31.3 Å². The van der Waals surface area contributed by atoms with Gasteiger partial charge in [0.2, 0.25) is 5.88 Å². The standard InChI is InChI=1S/C13H20N2O2/c1-10(11-5-7-17-8-6-11)15-12-3-4-13(16-2)14-9-12/h3-4,9-11,15H,5-8H2,1-2H3/t10-/m1/s1. The third-order valence-electron chi connectivity index (χ3n) is 3.31. The Morgan fingerprint density at radius 3 is 2.76 bits per heavy atom. The number of aromatic nitrogens is 1. The van der Waals surface area contributed by atoms with Gasteiger partial charge in [0.05, 0.1) is 19.0 Å². The number of nitrogens with one attached hydrogen (secondary N) is 1. The summed E-state index contributed by atoms with van der Waals surface area (Å²) in [4.78, 5) is 4.19. The fourth-order valence-corrected chi connectivity index (χ4v) is 2.18. The number of rotatable bonds is 4. The van der Waals surface area contributed by atoms with E-state index in [1.165, 1.54) is 0 Å². The van der Waals surface area contributed by atoms with Crippen molar-refractivity contribution in [3.63, 3.8) is 0 Å². The molecule has 1 aliphatic rings. The molecule has 4 nitrogen and oxygen atoms in total. The molecular formula is C13H20N2O2. The Labute approximate surface area is 102 Å². The molecule has 2 rings (SSSR count). The van der Waals surface area contributed by atoms with Gasteiger partial charge in [-0.25, -0.2) is 4.98 Å². The van der Waals surface area contributed by atoms with Crippen LogP contribution < -0.4 is 10.1 Å². The Kier molecular flexibility index (Phi) is 4.20. The van der Waals surface area contributed by atoms with E-state index in [2.05, 4.69) is 17.2 Å². The second-order valence-corrected chi connectivity index (χ2v) is 4.47. The van der Waals surface area contributed by atoms with Gasteiger partial charge in [-0.3, -0.25) is 0 Å². The van der Waals surface area contributed by atoms with Crippen molar-refractivity contribution in [1.29, 1.82) is 0 Å². The van der Waals surface area contributed by atoms with Gasteiger partial charge >= 0.3 is 0 Å². The first-order valence-electron chi connectivity index (χ1n) is 6.14. The van der Waals surface area contributed by atoms with Gasteiger partial charge in [-0.2, -0.15) is 0 Å². The zero-order chi connectivity index (χ0) is 12.1. The van der Waals surface area contributed by atoms with Gasteiger partial charge in [0.15, 0.2) is 0 Å². The zero-order valence-corrected chi connectivity index (χ0v) is 10.5. The predicted molar refractivity (Wildman–Crippen MR) is 67.4 cm³/mol. The molecule has 0 aliphatic carbocycles. The van der Waals surface area contributed by atoms with Gasteiger partial charge in [0.25, 0.3) is 0 Å². The van der Waals surface area contributed by atoms with Crippen LogP contribution in [0.4, 0.5) is 5.69 Å². The monoisotopic (exact) mass is 236 g/mol.